The van der Waals surface area contributed by atoms with Crippen LogP contribution in [0, 0.1) is 11.8 Å². The summed E-state index contributed by atoms with van der Waals surface area (Å²) >= 11 is 0. The number of amides is 1. The van der Waals surface area contributed by atoms with Crippen LogP contribution >= 0.6 is 0 Å². The average Bonchev–Trinajstić information content (AvgIpc) is 3.30. The van der Waals surface area contributed by atoms with E-state index in [2.05, 4.69) is 20.2 Å². The number of fused-ring (bicyclic) bond motifs is 2. The first-order valence-electron chi connectivity index (χ1n) is 10.6. The third-order valence-electron chi connectivity index (χ3n) is 5.91. The van der Waals surface area contributed by atoms with Gasteiger partial charge >= 0.3 is 0 Å². The molecule has 168 valence electrons. The summed E-state index contributed by atoms with van der Waals surface area (Å²) in [7, 11) is -3.31. The maximum atomic E-state index is 13.3. The van der Waals surface area contributed by atoms with Gasteiger partial charge in [-0.2, -0.15) is 10.2 Å². The predicted octanol–water partition coefficient (Wildman–Crippen LogP) is 2.18. The molecule has 9 nitrogen and oxygen atoms in total. The Hall–Kier alpha value is -2.62. The van der Waals surface area contributed by atoms with Crippen molar-refractivity contribution in [2.45, 2.75) is 58.0 Å². The second kappa shape index (κ2) is 7.81. The molecule has 1 fully saturated rings. The molecular formula is C21H30N6O3S. The zero-order chi connectivity index (χ0) is 22.4. The van der Waals surface area contributed by atoms with E-state index in [1.807, 2.05) is 32.9 Å². The lowest BCUT2D eigenvalue weighted by atomic mass is 9.72. The summed E-state index contributed by atoms with van der Waals surface area (Å²) in [5.74, 6) is 0.977. The highest BCUT2D eigenvalue weighted by atomic mass is 32.2. The standard InChI is InChI=1S/C21H30N6O3S/c1-21(2,3)27-20(26-9-5-8-22-26)17(13-23-27)19(28)24-18-7-6-14-10-15(18)12-16(11-14)25-31(4,29)30/h5,8-9,12-15,18,25H,6-7,10-11H2,1-4H3,(H,24,28). The summed E-state index contributed by atoms with van der Waals surface area (Å²) in [6.45, 7) is 6.08. The third-order valence-corrected chi connectivity index (χ3v) is 6.54. The Balaban J connectivity index is 1.59. The molecule has 3 unspecified atom stereocenters. The molecule has 3 atom stereocenters. The number of aromatic nitrogens is 4. The van der Waals surface area contributed by atoms with E-state index < -0.39 is 10.0 Å². The summed E-state index contributed by atoms with van der Waals surface area (Å²) in [6.07, 6.45) is 11.7. The highest BCUT2D eigenvalue weighted by Crippen LogP contribution is 2.38. The molecule has 2 heterocycles. The Morgan fingerprint density at radius 2 is 2.00 bits per heavy atom. The number of carbonyl (C=O) groups is 1. The molecule has 31 heavy (non-hydrogen) atoms. The first-order valence-corrected chi connectivity index (χ1v) is 12.5. The topological polar surface area (TPSA) is 111 Å². The van der Waals surface area contributed by atoms with E-state index in [9.17, 15) is 13.2 Å². The summed E-state index contributed by atoms with van der Waals surface area (Å²) in [5, 5.41) is 12.0. The number of carbonyl (C=O) groups excluding carboxylic acids is 1. The Bertz CT molecular complexity index is 1090. The quantitative estimate of drug-likeness (QED) is 0.731. The monoisotopic (exact) mass is 446 g/mol. The number of nitrogens with one attached hydrogen (secondary N) is 2. The van der Waals surface area contributed by atoms with E-state index in [-0.39, 0.29) is 23.4 Å². The van der Waals surface area contributed by atoms with Crippen LogP contribution in [0.5, 0.6) is 0 Å². The summed E-state index contributed by atoms with van der Waals surface area (Å²) in [6, 6.07) is 1.76. The van der Waals surface area contributed by atoms with Crippen LogP contribution in [0.1, 0.15) is 56.8 Å². The van der Waals surface area contributed by atoms with Crippen LogP contribution in [-0.4, -0.2) is 46.2 Å². The molecule has 1 amide bonds. The van der Waals surface area contributed by atoms with Crippen molar-refractivity contribution in [3.63, 3.8) is 0 Å². The lowest BCUT2D eigenvalue weighted by Crippen LogP contribution is -2.45. The van der Waals surface area contributed by atoms with Gasteiger partial charge in [-0.15, -0.1) is 0 Å². The van der Waals surface area contributed by atoms with Gasteiger partial charge in [0.1, 0.15) is 5.56 Å². The van der Waals surface area contributed by atoms with E-state index >= 15 is 0 Å². The van der Waals surface area contributed by atoms with Crippen LogP contribution in [0.4, 0.5) is 0 Å². The minimum Gasteiger partial charge on any atom is -0.349 e. The van der Waals surface area contributed by atoms with Gasteiger partial charge in [0.25, 0.3) is 5.91 Å². The predicted molar refractivity (Wildman–Crippen MR) is 117 cm³/mol. The number of nitrogens with zero attached hydrogens (tertiary/aromatic N) is 4. The van der Waals surface area contributed by atoms with Crippen LogP contribution < -0.4 is 10.0 Å². The Kier molecular flexibility index (Phi) is 5.45. The number of allylic oxidation sites excluding steroid dienone is 1. The molecule has 0 aromatic carbocycles. The number of rotatable bonds is 5. The lowest BCUT2D eigenvalue weighted by Gasteiger charge is -2.39. The summed E-state index contributed by atoms with van der Waals surface area (Å²) in [4.78, 5) is 13.3. The molecule has 2 aliphatic rings. The van der Waals surface area contributed by atoms with Gasteiger partial charge < -0.3 is 5.32 Å². The molecule has 2 aromatic rings. The zero-order valence-electron chi connectivity index (χ0n) is 18.4. The van der Waals surface area contributed by atoms with Crippen molar-refractivity contribution >= 4 is 15.9 Å². The van der Waals surface area contributed by atoms with Crippen molar-refractivity contribution in [1.29, 1.82) is 0 Å². The van der Waals surface area contributed by atoms with Gasteiger partial charge in [0, 0.05) is 24.1 Å². The van der Waals surface area contributed by atoms with Gasteiger partial charge in [-0.1, -0.05) is 6.08 Å². The van der Waals surface area contributed by atoms with Crippen molar-refractivity contribution in [2.75, 3.05) is 6.26 Å². The normalized spacial score (nSPS) is 23.9. The molecule has 2 bridgehead atoms. The highest BCUT2D eigenvalue weighted by molar-refractivity contribution is 7.88. The molecule has 0 radical (unpaired) electrons. The van der Waals surface area contributed by atoms with E-state index in [0.717, 1.165) is 31.4 Å². The van der Waals surface area contributed by atoms with Crippen LogP contribution in [0.2, 0.25) is 0 Å². The fourth-order valence-electron chi connectivity index (χ4n) is 4.65. The molecule has 0 spiro atoms. The number of hydrogen-bond acceptors (Lipinski definition) is 5. The SMILES string of the molecule is CC(C)(C)n1ncc(C(=O)NC2CCC3CC(NS(C)(=O)=O)=CC2C3)c1-n1cccn1. The van der Waals surface area contributed by atoms with Gasteiger partial charge in [0.05, 0.1) is 18.0 Å². The van der Waals surface area contributed by atoms with Crippen LogP contribution in [0.3, 0.4) is 0 Å². The van der Waals surface area contributed by atoms with Gasteiger partial charge in [-0.05, 0) is 64.4 Å². The van der Waals surface area contributed by atoms with Crippen LogP contribution in [0.15, 0.2) is 36.4 Å². The van der Waals surface area contributed by atoms with Gasteiger partial charge in [0.2, 0.25) is 10.0 Å². The molecule has 0 aliphatic heterocycles. The van der Waals surface area contributed by atoms with E-state index in [0.29, 0.717) is 17.3 Å². The average molecular weight is 447 g/mol. The smallest absolute Gasteiger partial charge is 0.256 e. The minimum absolute atomic E-state index is 0.0520. The largest absolute Gasteiger partial charge is 0.349 e. The fraction of sp³-hybridized carbons (Fsp3) is 0.571. The molecule has 2 aromatic heterocycles. The summed E-state index contributed by atoms with van der Waals surface area (Å²) < 4.78 is 29.4. The van der Waals surface area contributed by atoms with Crippen LogP contribution in [-0.2, 0) is 15.6 Å². The van der Waals surface area contributed by atoms with Gasteiger partial charge in [-0.3, -0.25) is 9.52 Å². The third kappa shape index (κ3) is 4.68. The second-order valence-electron chi connectivity index (χ2n) is 9.61. The Labute approximate surface area is 182 Å². The number of sulfonamides is 1. The molecule has 2 N–H and O–H groups in total. The molecule has 1 saturated carbocycles. The van der Waals surface area contributed by atoms with Crippen LogP contribution in [0.25, 0.3) is 5.82 Å². The molecule has 0 saturated heterocycles. The maximum absolute atomic E-state index is 13.3. The molecule has 10 heteroatoms. The highest BCUT2D eigenvalue weighted by Gasteiger charge is 2.36. The van der Waals surface area contributed by atoms with Crippen molar-refractivity contribution in [3.8, 4) is 5.82 Å². The van der Waals surface area contributed by atoms with Gasteiger partial charge in [-0.25, -0.2) is 17.8 Å². The van der Waals surface area contributed by atoms with Gasteiger partial charge in [0.15, 0.2) is 5.82 Å². The van der Waals surface area contributed by atoms with Crippen molar-refractivity contribution in [2.24, 2.45) is 11.8 Å². The minimum atomic E-state index is -3.31. The molecular weight excluding hydrogens is 416 g/mol. The number of hydrogen-bond donors (Lipinski definition) is 2. The van der Waals surface area contributed by atoms with Crippen molar-refractivity contribution in [1.82, 2.24) is 29.6 Å². The zero-order valence-corrected chi connectivity index (χ0v) is 19.2. The van der Waals surface area contributed by atoms with E-state index in [1.165, 1.54) is 6.26 Å². The first kappa shape index (κ1) is 21.6. The molecule has 2 aliphatic carbocycles. The van der Waals surface area contributed by atoms with E-state index in [1.54, 1.807) is 28.0 Å². The maximum Gasteiger partial charge on any atom is 0.256 e. The van der Waals surface area contributed by atoms with Crippen molar-refractivity contribution in [3.05, 3.63) is 42.0 Å². The van der Waals surface area contributed by atoms with E-state index in [4.69, 9.17) is 0 Å². The lowest BCUT2D eigenvalue weighted by molar-refractivity contribution is 0.0900. The first-order chi connectivity index (χ1) is 14.5. The molecule has 4 rings (SSSR count). The van der Waals surface area contributed by atoms with Crippen molar-refractivity contribution < 1.29 is 13.2 Å². The Morgan fingerprint density at radius 3 is 2.65 bits per heavy atom. The fourth-order valence-corrected chi connectivity index (χ4v) is 5.28. The second-order valence-corrected chi connectivity index (χ2v) is 11.4. The Morgan fingerprint density at radius 1 is 1.23 bits per heavy atom. The summed E-state index contributed by atoms with van der Waals surface area (Å²) in [5.41, 5.74) is 0.881.